The number of aryl methyl sites for hydroxylation is 1. The zero-order chi connectivity index (χ0) is 14.9. The monoisotopic (exact) mass is 298 g/mol. The van der Waals surface area contributed by atoms with Crippen LogP contribution in [-0.4, -0.2) is 24.5 Å². The molecule has 2 rings (SSSR count). The second-order valence-corrected chi connectivity index (χ2v) is 5.68. The van der Waals surface area contributed by atoms with Crippen molar-refractivity contribution in [1.82, 2.24) is 10.2 Å². The van der Waals surface area contributed by atoms with Crippen molar-refractivity contribution in [3.63, 3.8) is 0 Å². The summed E-state index contributed by atoms with van der Waals surface area (Å²) in [5, 5.41) is 6.06. The molecule has 106 valence electrons. The van der Waals surface area contributed by atoms with E-state index in [-0.39, 0.29) is 16.3 Å². The van der Waals surface area contributed by atoms with Gasteiger partial charge in [-0.15, -0.1) is 0 Å². The van der Waals surface area contributed by atoms with E-state index in [1.807, 2.05) is 0 Å². The van der Waals surface area contributed by atoms with Gasteiger partial charge in [0, 0.05) is 0 Å². The Morgan fingerprint density at radius 2 is 2.15 bits per heavy atom. The van der Waals surface area contributed by atoms with Gasteiger partial charge in [-0.1, -0.05) is 6.07 Å². The topological polar surface area (TPSA) is 118 Å². The molecule has 0 aliphatic heterocycles. The van der Waals surface area contributed by atoms with E-state index in [1.54, 1.807) is 0 Å². The van der Waals surface area contributed by atoms with Crippen molar-refractivity contribution in [3.05, 3.63) is 41.5 Å². The van der Waals surface area contributed by atoms with Crippen LogP contribution in [0.3, 0.4) is 0 Å². The van der Waals surface area contributed by atoms with E-state index in [0.29, 0.717) is 5.69 Å². The fraction of sp³-hybridized carbons (Fsp3) is 0.0909. The lowest BCUT2D eigenvalue weighted by Crippen LogP contribution is -2.18. The van der Waals surface area contributed by atoms with Crippen LogP contribution in [0.5, 0.6) is 0 Å². The number of aromatic nitrogens is 2. The van der Waals surface area contributed by atoms with Crippen molar-refractivity contribution in [3.8, 4) is 0 Å². The van der Waals surface area contributed by atoms with E-state index < -0.39 is 21.7 Å². The van der Waals surface area contributed by atoms with E-state index >= 15 is 0 Å². The van der Waals surface area contributed by atoms with Crippen LogP contribution in [0.15, 0.2) is 29.2 Å². The SMILES string of the molecule is Cc1[nH]nc(C(N)=O)c1NS(=O)(=O)c1cccc(F)c1. The lowest BCUT2D eigenvalue weighted by molar-refractivity contribution is 0.0996. The van der Waals surface area contributed by atoms with E-state index in [0.717, 1.165) is 12.1 Å². The molecule has 1 heterocycles. The number of nitrogens with zero attached hydrogens (tertiary/aromatic N) is 1. The third kappa shape index (κ3) is 2.62. The normalized spacial score (nSPS) is 11.3. The van der Waals surface area contributed by atoms with Gasteiger partial charge in [-0.3, -0.25) is 14.6 Å². The number of nitrogens with one attached hydrogen (secondary N) is 2. The highest BCUT2D eigenvalue weighted by atomic mass is 32.2. The predicted octanol–water partition coefficient (Wildman–Crippen LogP) is 0.757. The summed E-state index contributed by atoms with van der Waals surface area (Å²) in [4.78, 5) is 10.9. The maximum Gasteiger partial charge on any atom is 0.271 e. The number of nitrogens with two attached hydrogens (primary N) is 1. The van der Waals surface area contributed by atoms with Gasteiger partial charge in [-0.05, 0) is 25.1 Å². The number of hydrogen-bond acceptors (Lipinski definition) is 4. The number of sulfonamides is 1. The third-order valence-electron chi connectivity index (χ3n) is 2.52. The van der Waals surface area contributed by atoms with Crippen LogP contribution in [0.2, 0.25) is 0 Å². The van der Waals surface area contributed by atoms with Gasteiger partial charge in [0.25, 0.3) is 15.9 Å². The summed E-state index contributed by atoms with van der Waals surface area (Å²) >= 11 is 0. The number of aromatic amines is 1. The molecule has 0 fully saturated rings. The molecule has 0 atom stereocenters. The molecular formula is C11H11FN4O3S. The molecule has 1 aromatic carbocycles. The molecular weight excluding hydrogens is 287 g/mol. The second kappa shape index (κ2) is 4.93. The van der Waals surface area contributed by atoms with Gasteiger partial charge in [0.1, 0.15) is 11.5 Å². The lowest BCUT2D eigenvalue weighted by Gasteiger charge is -2.08. The van der Waals surface area contributed by atoms with Crippen molar-refractivity contribution in [1.29, 1.82) is 0 Å². The van der Waals surface area contributed by atoms with Crippen LogP contribution in [0.1, 0.15) is 16.2 Å². The number of H-pyrrole nitrogens is 1. The highest BCUT2D eigenvalue weighted by molar-refractivity contribution is 7.92. The molecule has 2 aromatic rings. The number of benzene rings is 1. The molecule has 0 unspecified atom stereocenters. The summed E-state index contributed by atoms with van der Waals surface area (Å²) in [6, 6.07) is 4.48. The van der Waals surface area contributed by atoms with Crippen molar-refractivity contribution in [2.45, 2.75) is 11.8 Å². The van der Waals surface area contributed by atoms with E-state index in [1.165, 1.54) is 19.1 Å². The Kier molecular flexibility index (Phi) is 3.45. The first-order chi connectivity index (χ1) is 9.31. The Hall–Kier alpha value is -2.42. The van der Waals surface area contributed by atoms with E-state index in [9.17, 15) is 17.6 Å². The van der Waals surface area contributed by atoms with Gasteiger partial charge in [-0.25, -0.2) is 12.8 Å². The molecule has 1 aromatic heterocycles. The number of amides is 1. The Bertz CT molecular complexity index is 770. The molecule has 0 spiro atoms. The first-order valence-corrected chi connectivity index (χ1v) is 6.93. The van der Waals surface area contributed by atoms with Gasteiger partial charge in [0.2, 0.25) is 0 Å². The average molecular weight is 298 g/mol. The first-order valence-electron chi connectivity index (χ1n) is 5.44. The minimum absolute atomic E-state index is 0.0539. The van der Waals surface area contributed by atoms with Gasteiger partial charge < -0.3 is 5.73 Å². The largest absolute Gasteiger partial charge is 0.364 e. The Labute approximate surface area is 114 Å². The number of hydrogen-bond donors (Lipinski definition) is 3. The Morgan fingerprint density at radius 3 is 2.75 bits per heavy atom. The average Bonchev–Trinajstić information content (AvgIpc) is 2.71. The molecule has 1 amide bonds. The number of primary amides is 1. The minimum Gasteiger partial charge on any atom is -0.364 e. The number of rotatable bonds is 4. The fourth-order valence-electron chi connectivity index (χ4n) is 1.56. The van der Waals surface area contributed by atoms with Gasteiger partial charge in [0.15, 0.2) is 5.69 Å². The van der Waals surface area contributed by atoms with Crippen LogP contribution < -0.4 is 10.5 Å². The first kappa shape index (κ1) is 14.0. The summed E-state index contributed by atoms with van der Waals surface area (Å²) in [6.07, 6.45) is 0. The highest BCUT2D eigenvalue weighted by Crippen LogP contribution is 2.22. The molecule has 0 saturated heterocycles. The quantitative estimate of drug-likeness (QED) is 0.772. The third-order valence-corrected chi connectivity index (χ3v) is 3.87. The number of carbonyl (C=O) groups excluding carboxylic acids is 1. The smallest absolute Gasteiger partial charge is 0.271 e. The molecule has 0 bridgehead atoms. The van der Waals surface area contributed by atoms with Crippen molar-refractivity contribution in [2.75, 3.05) is 4.72 Å². The zero-order valence-electron chi connectivity index (χ0n) is 10.3. The number of anilines is 1. The summed E-state index contributed by atoms with van der Waals surface area (Å²) < 4.78 is 39.5. The predicted molar refractivity (Wildman–Crippen MR) is 69.1 cm³/mol. The molecule has 0 radical (unpaired) electrons. The molecule has 7 nitrogen and oxygen atoms in total. The second-order valence-electron chi connectivity index (χ2n) is 4.00. The van der Waals surface area contributed by atoms with Crippen LogP contribution in [0.25, 0.3) is 0 Å². The van der Waals surface area contributed by atoms with Crippen molar-refractivity contribution >= 4 is 21.6 Å². The summed E-state index contributed by atoms with van der Waals surface area (Å²) in [6.45, 7) is 1.52. The van der Waals surface area contributed by atoms with Crippen LogP contribution >= 0.6 is 0 Å². The van der Waals surface area contributed by atoms with Crippen LogP contribution in [0.4, 0.5) is 10.1 Å². The Morgan fingerprint density at radius 1 is 1.45 bits per heavy atom. The molecule has 0 aliphatic rings. The molecule has 20 heavy (non-hydrogen) atoms. The fourth-order valence-corrected chi connectivity index (χ4v) is 2.72. The van der Waals surface area contributed by atoms with E-state index in [4.69, 9.17) is 5.73 Å². The molecule has 0 aliphatic carbocycles. The minimum atomic E-state index is -4.04. The highest BCUT2D eigenvalue weighted by Gasteiger charge is 2.22. The van der Waals surface area contributed by atoms with Crippen LogP contribution in [0, 0.1) is 12.7 Å². The maximum atomic E-state index is 13.1. The van der Waals surface area contributed by atoms with Gasteiger partial charge in [0.05, 0.1) is 10.6 Å². The summed E-state index contributed by atoms with van der Waals surface area (Å²) in [5.41, 5.74) is 5.12. The summed E-state index contributed by atoms with van der Waals surface area (Å²) in [5.74, 6) is -1.57. The standard InChI is InChI=1S/C11H11FN4O3S/c1-6-9(10(11(13)17)15-14-6)16-20(18,19)8-4-2-3-7(12)5-8/h2-5,16H,1H3,(H2,13,17)(H,14,15). The zero-order valence-corrected chi connectivity index (χ0v) is 11.2. The van der Waals surface area contributed by atoms with Crippen molar-refractivity contribution < 1.29 is 17.6 Å². The van der Waals surface area contributed by atoms with Crippen molar-refractivity contribution in [2.24, 2.45) is 5.73 Å². The van der Waals surface area contributed by atoms with Crippen LogP contribution in [-0.2, 0) is 10.0 Å². The number of halogens is 1. The molecule has 0 saturated carbocycles. The summed E-state index contributed by atoms with van der Waals surface area (Å²) in [7, 11) is -4.04. The van der Waals surface area contributed by atoms with Gasteiger partial charge in [-0.2, -0.15) is 5.10 Å². The Balaban J connectivity index is 2.44. The lowest BCUT2D eigenvalue weighted by atomic mass is 10.3. The van der Waals surface area contributed by atoms with E-state index in [2.05, 4.69) is 14.9 Å². The van der Waals surface area contributed by atoms with Gasteiger partial charge >= 0.3 is 0 Å². The number of carbonyl (C=O) groups is 1. The maximum absolute atomic E-state index is 13.1. The molecule has 9 heteroatoms. The molecule has 4 N–H and O–H groups in total.